The van der Waals surface area contributed by atoms with E-state index in [0.29, 0.717) is 0 Å². The molecule has 0 aromatic heterocycles. The Morgan fingerprint density at radius 2 is 1.92 bits per heavy atom. The van der Waals surface area contributed by atoms with Gasteiger partial charge in [-0.05, 0) is 31.9 Å². The van der Waals surface area contributed by atoms with Crippen LogP contribution in [0.25, 0.3) is 0 Å². The number of alkyl halides is 2. The maximum atomic E-state index is 11.8. The van der Waals surface area contributed by atoms with Crippen LogP contribution in [0.5, 0.6) is 0 Å². The molecule has 1 aliphatic rings. The van der Waals surface area contributed by atoms with Crippen LogP contribution < -0.4 is 0 Å². The lowest BCUT2D eigenvalue weighted by Gasteiger charge is -2.29. The number of hydrogen-bond donors (Lipinski definition) is 0. The lowest BCUT2D eigenvalue weighted by Crippen LogP contribution is -2.34. The molecule has 0 heterocycles. The normalized spacial score (nSPS) is 28.9. The Labute approximate surface area is 88.4 Å². The van der Waals surface area contributed by atoms with Crippen molar-refractivity contribution in [3.63, 3.8) is 0 Å². The number of allylic oxidation sites excluding steroid dienone is 4. The van der Waals surface area contributed by atoms with Crippen LogP contribution in [-0.4, -0.2) is 10.6 Å². The highest BCUT2D eigenvalue weighted by molar-refractivity contribution is 6.46. The van der Waals surface area contributed by atoms with Gasteiger partial charge in [0, 0.05) is 0 Å². The molecule has 0 saturated heterocycles. The van der Waals surface area contributed by atoms with Crippen molar-refractivity contribution in [1.29, 1.82) is 0 Å². The average molecular weight is 219 g/mol. The number of carbonyl (C=O) groups is 1. The molecule has 0 saturated carbocycles. The molecular weight excluding hydrogens is 207 g/mol. The van der Waals surface area contributed by atoms with Gasteiger partial charge < -0.3 is 0 Å². The van der Waals surface area contributed by atoms with Crippen molar-refractivity contribution in [3.8, 4) is 0 Å². The first-order valence-electron chi connectivity index (χ1n) is 4.09. The minimum Gasteiger partial charge on any atom is -0.293 e. The molecule has 0 spiro atoms. The van der Waals surface area contributed by atoms with Crippen molar-refractivity contribution < 1.29 is 4.79 Å². The van der Waals surface area contributed by atoms with E-state index in [-0.39, 0.29) is 5.78 Å². The zero-order chi connectivity index (χ0) is 10.2. The van der Waals surface area contributed by atoms with E-state index in [4.69, 9.17) is 23.2 Å². The second-order valence-electron chi connectivity index (χ2n) is 3.55. The zero-order valence-electron chi connectivity index (χ0n) is 7.90. The van der Waals surface area contributed by atoms with Gasteiger partial charge in [-0.3, -0.25) is 4.79 Å². The Morgan fingerprint density at radius 3 is 2.38 bits per heavy atom. The topological polar surface area (TPSA) is 17.1 Å². The summed E-state index contributed by atoms with van der Waals surface area (Å²) in [6.07, 6.45) is 3.68. The zero-order valence-corrected chi connectivity index (χ0v) is 9.41. The van der Waals surface area contributed by atoms with E-state index in [0.717, 1.165) is 11.1 Å². The third-order valence-corrected chi connectivity index (χ3v) is 3.46. The van der Waals surface area contributed by atoms with E-state index in [9.17, 15) is 4.79 Å². The quantitative estimate of drug-likeness (QED) is 0.618. The summed E-state index contributed by atoms with van der Waals surface area (Å²) in [5.41, 5.74) is 0.972. The molecule has 0 bridgehead atoms. The molecular formula is C10H12Cl2O. The highest BCUT2D eigenvalue weighted by atomic mass is 35.5. The van der Waals surface area contributed by atoms with Crippen molar-refractivity contribution in [2.45, 2.75) is 25.6 Å². The predicted molar refractivity (Wildman–Crippen MR) is 56.1 cm³/mol. The van der Waals surface area contributed by atoms with Crippen molar-refractivity contribution in [2.75, 3.05) is 0 Å². The third-order valence-electron chi connectivity index (χ3n) is 2.55. The summed E-state index contributed by atoms with van der Waals surface area (Å²) in [4.78, 5) is 11.1. The first-order chi connectivity index (χ1) is 5.89. The first kappa shape index (κ1) is 10.8. The molecule has 1 rings (SSSR count). The summed E-state index contributed by atoms with van der Waals surface area (Å²) >= 11 is 11.6. The molecule has 0 aromatic rings. The fraction of sp³-hybridized carbons (Fsp3) is 0.500. The Kier molecular flexibility index (Phi) is 2.88. The molecule has 0 amide bonds. The summed E-state index contributed by atoms with van der Waals surface area (Å²) in [6.45, 7) is 5.46. The minimum atomic E-state index is -0.757. The standard InChI is InChI=1S/C10H12Cl2O/c1-6-4-5-10(3,9(11)12)8(13)7(6)2/h4-5,9H,1-3H3. The second-order valence-corrected chi connectivity index (χ2v) is 4.65. The van der Waals surface area contributed by atoms with Gasteiger partial charge >= 0.3 is 0 Å². The second kappa shape index (κ2) is 3.47. The third kappa shape index (κ3) is 1.68. The predicted octanol–water partition coefficient (Wildman–Crippen LogP) is 3.27. The van der Waals surface area contributed by atoms with Crippen LogP contribution in [0, 0.1) is 5.41 Å². The highest BCUT2D eigenvalue weighted by Gasteiger charge is 2.39. The maximum Gasteiger partial charge on any atom is 0.171 e. The minimum absolute atomic E-state index is 0.0162. The van der Waals surface area contributed by atoms with Gasteiger partial charge in [0.1, 0.15) is 4.84 Å². The molecule has 0 fully saturated rings. The van der Waals surface area contributed by atoms with Crippen LogP contribution in [0.3, 0.4) is 0 Å². The van der Waals surface area contributed by atoms with Gasteiger partial charge in [0.05, 0.1) is 5.41 Å². The maximum absolute atomic E-state index is 11.8. The molecule has 0 aliphatic heterocycles. The number of halogens is 2. The van der Waals surface area contributed by atoms with Crippen LogP contribution in [-0.2, 0) is 4.79 Å². The summed E-state index contributed by atoms with van der Waals surface area (Å²) < 4.78 is 0. The number of hydrogen-bond acceptors (Lipinski definition) is 1. The molecule has 0 aromatic carbocycles. The van der Waals surface area contributed by atoms with Gasteiger partial charge in [-0.25, -0.2) is 0 Å². The Bertz CT molecular complexity index is 302. The van der Waals surface area contributed by atoms with E-state index in [1.165, 1.54) is 0 Å². The van der Waals surface area contributed by atoms with Gasteiger partial charge in [-0.1, -0.05) is 12.2 Å². The lowest BCUT2D eigenvalue weighted by atomic mass is 9.78. The lowest BCUT2D eigenvalue weighted by molar-refractivity contribution is -0.121. The summed E-state index contributed by atoms with van der Waals surface area (Å²) in [5.74, 6) is 0.0162. The molecule has 1 unspecified atom stereocenters. The molecule has 1 aliphatic carbocycles. The molecule has 0 radical (unpaired) electrons. The smallest absolute Gasteiger partial charge is 0.171 e. The summed E-state index contributed by atoms with van der Waals surface area (Å²) in [6, 6.07) is 0. The van der Waals surface area contributed by atoms with E-state index in [2.05, 4.69) is 0 Å². The fourth-order valence-corrected chi connectivity index (χ4v) is 1.60. The van der Waals surface area contributed by atoms with E-state index in [1.807, 2.05) is 13.0 Å². The Balaban J connectivity index is 3.13. The number of carbonyl (C=O) groups excluding carboxylic acids is 1. The molecule has 3 heteroatoms. The van der Waals surface area contributed by atoms with E-state index < -0.39 is 10.3 Å². The van der Waals surface area contributed by atoms with Gasteiger partial charge in [-0.15, -0.1) is 23.2 Å². The fourth-order valence-electron chi connectivity index (χ4n) is 1.25. The van der Waals surface area contributed by atoms with Crippen LogP contribution in [0.15, 0.2) is 23.3 Å². The Morgan fingerprint density at radius 1 is 1.38 bits per heavy atom. The molecule has 13 heavy (non-hydrogen) atoms. The average Bonchev–Trinajstić information content (AvgIpc) is 2.08. The SMILES string of the molecule is CC1=C(C)C(=O)C(C)(C(Cl)Cl)C=C1. The molecule has 0 N–H and O–H groups in total. The summed E-state index contributed by atoms with van der Waals surface area (Å²) in [7, 11) is 0. The molecule has 72 valence electrons. The monoisotopic (exact) mass is 218 g/mol. The van der Waals surface area contributed by atoms with Gasteiger partial charge in [0.15, 0.2) is 5.78 Å². The van der Waals surface area contributed by atoms with E-state index >= 15 is 0 Å². The summed E-state index contributed by atoms with van der Waals surface area (Å²) in [5, 5.41) is 0. The van der Waals surface area contributed by atoms with Gasteiger partial charge in [0.2, 0.25) is 0 Å². The largest absolute Gasteiger partial charge is 0.293 e. The van der Waals surface area contributed by atoms with Crippen molar-refractivity contribution in [3.05, 3.63) is 23.3 Å². The van der Waals surface area contributed by atoms with Crippen molar-refractivity contribution in [1.82, 2.24) is 0 Å². The number of Topliss-reactive ketones (excluding diaryl/α,β-unsaturated/α-hetero) is 1. The van der Waals surface area contributed by atoms with Crippen LogP contribution in [0.4, 0.5) is 0 Å². The number of rotatable bonds is 1. The molecule has 1 atom stereocenters. The van der Waals surface area contributed by atoms with Crippen molar-refractivity contribution in [2.24, 2.45) is 5.41 Å². The van der Waals surface area contributed by atoms with Gasteiger partial charge in [0.25, 0.3) is 0 Å². The van der Waals surface area contributed by atoms with Crippen LogP contribution in [0.1, 0.15) is 20.8 Å². The highest BCUT2D eigenvalue weighted by Crippen LogP contribution is 2.37. The van der Waals surface area contributed by atoms with Gasteiger partial charge in [-0.2, -0.15) is 0 Å². The van der Waals surface area contributed by atoms with Crippen LogP contribution >= 0.6 is 23.2 Å². The first-order valence-corrected chi connectivity index (χ1v) is 4.96. The number of ketones is 1. The van der Waals surface area contributed by atoms with E-state index in [1.54, 1.807) is 19.9 Å². The Hall–Kier alpha value is -0.270. The van der Waals surface area contributed by atoms with Crippen molar-refractivity contribution >= 4 is 29.0 Å². The van der Waals surface area contributed by atoms with Crippen LogP contribution in [0.2, 0.25) is 0 Å². The molecule has 1 nitrogen and oxygen atoms in total.